The first kappa shape index (κ1) is 13.5. The molecular formula is C13H17Br2NO. The van der Waals surface area contributed by atoms with E-state index in [-0.39, 0.29) is 6.10 Å². The molecule has 2 unspecified atom stereocenters. The predicted octanol–water partition coefficient (Wildman–Crippen LogP) is 3.90. The van der Waals surface area contributed by atoms with Crippen LogP contribution in [-0.2, 0) is 4.74 Å². The lowest BCUT2D eigenvalue weighted by molar-refractivity contribution is -0.0272. The van der Waals surface area contributed by atoms with Crippen molar-refractivity contribution in [1.29, 1.82) is 0 Å². The first-order chi connectivity index (χ1) is 8.22. The third kappa shape index (κ3) is 3.31. The Bertz CT molecular complexity index is 382. The van der Waals surface area contributed by atoms with Crippen molar-refractivity contribution in [2.24, 2.45) is 5.92 Å². The zero-order chi connectivity index (χ0) is 12.3. The van der Waals surface area contributed by atoms with Gasteiger partial charge in [0.2, 0.25) is 0 Å². The highest BCUT2D eigenvalue weighted by Gasteiger charge is 2.27. The number of hydrogen-bond donors (Lipinski definition) is 1. The normalized spacial score (nSPS) is 24.9. The van der Waals surface area contributed by atoms with E-state index >= 15 is 0 Å². The van der Waals surface area contributed by atoms with E-state index in [1.54, 1.807) is 0 Å². The summed E-state index contributed by atoms with van der Waals surface area (Å²) in [7, 11) is 2.00. The monoisotopic (exact) mass is 361 g/mol. The minimum atomic E-state index is 0.223. The molecule has 2 rings (SSSR count). The van der Waals surface area contributed by atoms with Gasteiger partial charge in [-0.3, -0.25) is 0 Å². The Morgan fingerprint density at radius 2 is 2.18 bits per heavy atom. The Balaban J connectivity index is 2.20. The summed E-state index contributed by atoms with van der Waals surface area (Å²) in [4.78, 5) is 0. The molecule has 94 valence electrons. The van der Waals surface area contributed by atoms with E-state index in [9.17, 15) is 0 Å². The summed E-state index contributed by atoms with van der Waals surface area (Å²) in [6.07, 6.45) is 2.63. The molecule has 1 aliphatic rings. The standard InChI is InChI=1S/C13H17Br2NO/c1-16-8-10-3-2-6-17-13(10)9-4-5-11(14)12(15)7-9/h4-5,7,10,13,16H,2-3,6,8H2,1H3. The van der Waals surface area contributed by atoms with Crippen LogP contribution in [0.15, 0.2) is 27.1 Å². The van der Waals surface area contributed by atoms with Crippen LogP contribution in [0.5, 0.6) is 0 Å². The van der Waals surface area contributed by atoms with E-state index < -0.39 is 0 Å². The van der Waals surface area contributed by atoms with Crippen LogP contribution in [0.25, 0.3) is 0 Å². The summed E-state index contributed by atoms with van der Waals surface area (Å²) in [5, 5.41) is 3.26. The number of ether oxygens (including phenoxy) is 1. The first-order valence-electron chi connectivity index (χ1n) is 5.93. The molecular weight excluding hydrogens is 346 g/mol. The van der Waals surface area contributed by atoms with Crippen LogP contribution in [0.2, 0.25) is 0 Å². The second-order valence-corrected chi connectivity index (χ2v) is 6.13. The first-order valence-corrected chi connectivity index (χ1v) is 7.52. The molecule has 0 aromatic heterocycles. The second-order valence-electron chi connectivity index (χ2n) is 4.42. The summed E-state index contributed by atoms with van der Waals surface area (Å²) in [6, 6.07) is 6.38. The Labute approximate surface area is 119 Å². The van der Waals surface area contributed by atoms with E-state index in [0.29, 0.717) is 5.92 Å². The summed E-state index contributed by atoms with van der Waals surface area (Å²) in [5.74, 6) is 0.571. The van der Waals surface area contributed by atoms with Gasteiger partial charge in [-0.05, 0) is 69.4 Å². The molecule has 0 bridgehead atoms. The highest BCUT2D eigenvalue weighted by atomic mass is 79.9. The SMILES string of the molecule is CNCC1CCCOC1c1ccc(Br)c(Br)c1. The predicted molar refractivity (Wildman–Crippen MR) is 77.2 cm³/mol. The van der Waals surface area contributed by atoms with Gasteiger partial charge < -0.3 is 10.1 Å². The highest BCUT2D eigenvalue weighted by Crippen LogP contribution is 2.35. The van der Waals surface area contributed by atoms with Crippen molar-refractivity contribution in [2.45, 2.75) is 18.9 Å². The maximum atomic E-state index is 5.95. The van der Waals surface area contributed by atoms with Crippen molar-refractivity contribution in [2.75, 3.05) is 20.2 Å². The minimum absolute atomic E-state index is 0.223. The Hall–Kier alpha value is 0.1000. The Kier molecular flexibility index (Phi) is 5.03. The second kappa shape index (κ2) is 6.32. The van der Waals surface area contributed by atoms with Crippen molar-refractivity contribution in [3.8, 4) is 0 Å². The summed E-state index contributed by atoms with van der Waals surface area (Å²) < 4.78 is 8.12. The molecule has 0 aliphatic carbocycles. The third-order valence-corrected chi connectivity index (χ3v) is 5.06. The van der Waals surface area contributed by atoms with Gasteiger partial charge in [0.15, 0.2) is 0 Å². The maximum absolute atomic E-state index is 5.95. The lowest BCUT2D eigenvalue weighted by Crippen LogP contribution is -2.30. The van der Waals surface area contributed by atoms with Gasteiger partial charge in [0.25, 0.3) is 0 Å². The maximum Gasteiger partial charge on any atom is 0.0865 e. The van der Waals surface area contributed by atoms with E-state index in [4.69, 9.17) is 4.74 Å². The van der Waals surface area contributed by atoms with Crippen molar-refractivity contribution in [3.63, 3.8) is 0 Å². The van der Waals surface area contributed by atoms with Gasteiger partial charge in [-0.2, -0.15) is 0 Å². The minimum Gasteiger partial charge on any atom is -0.373 e. The van der Waals surface area contributed by atoms with Crippen LogP contribution in [0.4, 0.5) is 0 Å². The third-order valence-electron chi connectivity index (χ3n) is 3.18. The van der Waals surface area contributed by atoms with Crippen molar-refractivity contribution in [3.05, 3.63) is 32.7 Å². The van der Waals surface area contributed by atoms with Crippen LogP contribution < -0.4 is 5.32 Å². The van der Waals surface area contributed by atoms with Crippen LogP contribution in [-0.4, -0.2) is 20.2 Å². The highest BCUT2D eigenvalue weighted by molar-refractivity contribution is 9.13. The topological polar surface area (TPSA) is 21.3 Å². The van der Waals surface area contributed by atoms with Gasteiger partial charge >= 0.3 is 0 Å². The van der Waals surface area contributed by atoms with Gasteiger partial charge in [0, 0.05) is 28.0 Å². The number of hydrogen-bond acceptors (Lipinski definition) is 2. The molecule has 0 radical (unpaired) electrons. The lowest BCUT2D eigenvalue weighted by Gasteiger charge is -2.32. The number of rotatable bonds is 3. The quantitative estimate of drug-likeness (QED) is 0.880. The van der Waals surface area contributed by atoms with E-state index in [0.717, 1.165) is 22.1 Å². The zero-order valence-electron chi connectivity index (χ0n) is 9.88. The molecule has 1 N–H and O–H groups in total. The largest absolute Gasteiger partial charge is 0.373 e. The molecule has 2 atom stereocenters. The lowest BCUT2D eigenvalue weighted by atomic mass is 9.89. The fourth-order valence-electron chi connectivity index (χ4n) is 2.37. The van der Waals surface area contributed by atoms with Crippen LogP contribution in [0, 0.1) is 5.92 Å². The van der Waals surface area contributed by atoms with Crippen molar-refractivity contribution >= 4 is 31.9 Å². The molecule has 1 aromatic carbocycles. The Morgan fingerprint density at radius 1 is 1.35 bits per heavy atom. The van der Waals surface area contributed by atoms with Gasteiger partial charge in [-0.15, -0.1) is 0 Å². The fraction of sp³-hybridized carbons (Fsp3) is 0.538. The smallest absolute Gasteiger partial charge is 0.0865 e. The molecule has 4 heteroatoms. The molecule has 1 heterocycles. The molecule has 2 nitrogen and oxygen atoms in total. The van der Waals surface area contributed by atoms with Crippen molar-refractivity contribution < 1.29 is 4.74 Å². The van der Waals surface area contributed by atoms with Crippen LogP contribution in [0.3, 0.4) is 0 Å². The number of nitrogens with one attached hydrogen (secondary N) is 1. The molecule has 1 fully saturated rings. The molecule has 0 spiro atoms. The molecule has 17 heavy (non-hydrogen) atoms. The average Bonchev–Trinajstić information content (AvgIpc) is 2.34. The van der Waals surface area contributed by atoms with E-state index in [1.807, 2.05) is 7.05 Å². The van der Waals surface area contributed by atoms with Crippen LogP contribution in [0.1, 0.15) is 24.5 Å². The number of benzene rings is 1. The van der Waals surface area contributed by atoms with E-state index in [2.05, 4.69) is 55.4 Å². The average molecular weight is 363 g/mol. The molecule has 0 amide bonds. The van der Waals surface area contributed by atoms with Gasteiger partial charge in [0.1, 0.15) is 0 Å². The van der Waals surface area contributed by atoms with Gasteiger partial charge in [-0.25, -0.2) is 0 Å². The zero-order valence-corrected chi connectivity index (χ0v) is 13.1. The van der Waals surface area contributed by atoms with Crippen LogP contribution >= 0.6 is 31.9 Å². The summed E-state index contributed by atoms with van der Waals surface area (Å²) in [5.41, 5.74) is 1.26. The molecule has 0 saturated carbocycles. The van der Waals surface area contributed by atoms with E-state index in [1.165, 1.54) is 18.4 Å². The number of halogens is 2. The fourth-order valence-corrected chi connectivity index (χ4v) is 3.02. The summed E-state index contributed by atoms with van der Waals surface area (Å²) >= 11 is 7.05. The van der Waals surface area contributed by atoms with Gasteiger partial charge in [-0.1, -0.05) is 6.07 Å². The molecule has 1 saturated heterocycles. The molecule has 1 aromatic rings. The molecule has 1 aliphatic heterocycles. The van der Waals surface area contributed by atoms with Gasteiger partial charge in [0.05, 0.1) is 6.10 Å². The Morgan fingerprint density at radius 3 is 2.88 bits per heavy atom. The summed E-state index contributed by atoms with van der Waals surface area (Å²) in [6.45, 7) is 1.89. The van der Waals surface area contributed by atoms with Crippen molar-refractivity contribution in [1.82, 2.24) is 5.32 Å².